The molecule has 1 unspecified atom stereocenters. The molecule has 0 saturated carbocycles. The molecule has 1 atom stereocenters. The minimum Gasteiger partial charge on any atom is -0.345 e. The zero-order valence-corrected chi connectivity index (χ0v) is 9.75. The fraction of sp³-hybridized carbons (Fsp3) is 0.818. The van der Waals surface area contributed by atoms with Gasteiger partial charge in [0.05, 0.1) is 13.1 Å². The first kappa shape index (κ1) is 12.0. The summed E-state index contributed by atoms with van der Waals surface area (Å²) in [5.74, 6) is 0.623. The van der Waals surface area contributed by atoms with Gasteiger partial charge in [-0.15, -0.1) is 0 Å². The highest BCUT2D eigenvalue weighted by Crippen LogP contribution is 2.12. The van der Waals surface area contributed by atoms with Crippen molar-refractivity contribution in [2.45, 2.75) is 39.7 Å². The molecule has 0 aromatic rings. The Morgan fingerprint density at radius 2 is 1.93 bits per heavy atom. The number of carbonyl (C=O) groups is 2. The minimum absolute atomic E-state index is 0.0332. The molecule has 0 aromatic heterocycles. The van der Waals surface area contributed by atoms with Gasteiger partial charge < -0.3 is 10.2 Å². The number of amides is 2. The standard InChI is InChI=1S/C11H20N2O2/c1-8(2)4-5-9(3)13-7-10(14)12-6-11(13)15/h8-9H,4-7H2,1-3H3,(H,12,14). The first-order valence-corrected chi connectivity index (χ1v) is 5.57. The summed E-state index contributed by atoms with van der Waals surface area (Å²) in [4.78, 5) is 24.4. The molecule has 0 spiro atoms. The van der Waals surface area contributed by atoms with Crippen molar-refractivity contribution in [3.8, 4) is 0 Å². The number of hydrogen-bond donors (Lipinski definition) is 1. The molecule has 1 rings (SSSR count). The molecule has 15 heavy (non-hydrogen) atoms. The van der Waals surface area contributed by atoms with Crippen LogP contribution in [0.15, 0.2) is 0 Å². The van der Waals surface area contributed by atoms with Crippen LogP contribution in [0.4, 0.5) is 0 Å². The van der Waals surface area contributed by atoms with Gasteiger partial charge in [-0.1, -0.05) is 13.8 Å². The lowest BCUT2D eigenvalue weighted by Crippen LogP contribution is -2.54. The average Bonchev–Trinajstić information content (AvgIpc) is 2.18. The second kappa shape index (κ2) is 5.14. The molecule has 0 radical (unpaired) electrons. The van der Waals surface area contributed by atoms with Crippen molar-refractivity contribution in [3.63, 3.8) is 0 Å². The highest BCUT2D eigenvalue weighted by Gasteiger charge is 2.26. The van der Waals surface area contributed by atoms with Crippen molar-refractivity contribution in [2.75, 3.05) is 13.1 Å². The third-order valence-electron chi connectivity index (χ3n) is 2.76. The Hall–Kier alpha value is -1.06. The molecule has 0 aliphatic carbocycles. The summed E-state index contributed by atoms with van der Waals surface area (Å²) < 4.78 is 0. The van der Waals surface area contributed by atoms with E-state index in [0.29, 0.717) is 5.92 Å². The van der Waals surface area contributed by atoms with Gasteiger partial charge in [0.2, 0.25) is 11.8 Å². The van der Waals surface area contributed by atoms with Crippen molar-refractivity contribution in [1.82, 2.24) is 10.2 Å². The highest BCUT2D eigenvalue weighted by atomic mass is 16.2. The molecule has 2 amide bonds. The number of rotatable bonds is 4. The van der Waals surface area contributed by atoms with Gasteiger partial charge in [-0.25, -0.2) is 0 Å². The van der Waals surface area contributed by atoms with E-state index in [-0.39, 0.29) is 30.9 Å². The van der Waals surface area contributed by atoms with Crippen molar-refractivity contribution >= 4 is 11.8 Å². The van der Waals surface area contributed by atoms with Crippen LogP contribution in [0.3, 0.4) is 0 Å². The van der Waals surface area contributed by atoms with Crippen molar-refractivity contribution < 1.29 is 9.59 Å². The summed E-state index contributed by atoms with van der Waals surface area (Å²) in [5.41, 5.74) is 0. The normalized spacial score (nSPS) is 19.3. The quantitative estimate of drug-likeness (QED) is 0.748. The predicted molar refractivity (Wildman–Crippen MR) is 58.3 cm³/mol. The molecule has 1 N–H and O–H groups in total. The zero-order valence-electron chi connectivity index (χ0n) is 9.75. The van der Waals surface area contributed by atoms with E-state index in [1.165, 1.54) is 0 Å². The summed E-state index contributed by atoms with van der Waals surface area (Å²) in [6.45, 7) is 6.72. The molecule has 1 saturated heterocycles. The average molecular weight is 212 g/mol. The van der Waals surface area contributed by atoms with Crippen LogP contribution in [-0.4, -0.2) is 35.8 Å². The minimum atomic E-state index is -0.0500. The van der Waals surface area contributed by atoms with Crippen molar-refractivity contribution in [1.29, 1.82) is 0 Å². The Morgan fingerprint density at radius 3 is 2.53 bits per heavy atom. The fourth-order valence-corrected chi connectivity index (χ4v) is 1.71. The molecule has 0 bridgehead atoms. The Balaban J connectivity index is 2.45. The maximum Gasteiger partial charge on any atom is 0.242 e. The number of carbonyl (C=O) groups excluding carboxylic acids is 2. The fourth-order valence-electron chi connectivity index (χ4n) is 1.71. The zero-order chi connectivity index (χ0) is 11.4. The van der Waals surface area contributed by atoms with Gasteiger partial charge in [0.25, 0.3) is 0 Å². The summed E-state index contributed by atoms with van der Waals surface area (Å²) in [6.07, 6.45) is 2.06. The summed E-state index contributed by atoms with van der Waals surface area (Å²) >= 11 is 0. The summed E-state index contributed by atoms with van der Waals surface area (Å²) in [5, 5.41) is 2.55. The maximum atomic E-state index is 11.5. The lowest BCUT2D eigenvalue weighted by atomic mass is 10.0. The summed E-state index contributed by atoms with van der Waals surface area (Å²) in [6, 6.07) is 0.172. The van der Waals surface area contributed by atoms with Gasteiger partial charge in [0.15, 0.2) is 0 Å². The van der Waals surface area contributed by atoms with Gasteiger partial charge in [-0.3, -0.25) is 9.59 Å². The second-order valence-electron chi connectivity index (χ2n) is 4.62. The van der Waals surface area contributed by atoms with Crippen LogP contribution in [0, 0.1) is 5.92 Å². The van der Waals surface area contributed by atoms with Gasteiger partial charge in [-0.05, 0) is 25.7 Å². The van der Waals surface area contributed by atoms with Crippen LogP contribution < -0.4 is 5.32 Å². The Kier molecular flexibility index (Phi) is 4.12. The Bertz CT molecular complexity index is 251. The molecule has 86 valence electrons. The van der Waals surface area contributed by atoms with Gasteiger partial charge in [0, 0.05) is 6.04 Å². The third kappa shape index (κ3) is 3.53. The van der Waals surface area contributed by atoms with E-state index in [2.05, 4.69) is 19.2 Å². The number of nitrogens with zero attached hydrogens (tertiary/aromatic N) is 1. The number of nitrogens with one attached hydrogen (secondary N) is 1. The number of hydrogen-bond acceptors (Lipinski definition) is 2. The van der Waals surface area contributed by atoms with Crippen LogP contribution in [-0.2, 0) is 9.59 Å². The van der Waals surface area contributed by atoms with E-state index in [1.807, 2.05) is 6.92 Å². The van der Waals surface area contributed by atoms with Crippen molar-refractivity contribution in [3.05, 3.63) is 0 Å². The Labute approximate surface area is 91.0 Å². The second-order valence-corrected chi connectivity index (χ2v) is 4.62. The lowest BCUT2D eigenvalue weighted by Gasteiger charge is -2.32. The largest absolute Gasteiger partial charge is 0.345 e. The van der Waals surface area contributed by atoms with Crippen LogP contribution >= 0.6 is 0 Å². The molecule has 4 heteroatoms. The highest BCUT2D eigenvalue weighted by molar-refractivity contribution is 5.92. The molecule has 4 nitrogen and oxygen atoms in total. The van der Waals surface area contributed by atoms with Gasteiger partial charge in [-0.2, -0.15) is 0 Å². The van der Waals surface area contributed by atoms with E-state index in [1.54, 1.807) is 4.90 Å². The van der Waals surface area contributed by atoms with Crippen LogP contribution in [0.2, 0.25) is 0 Å². The van der Waals surface area contributed by atoms with E-state index in [9.17, 15) is 9.59 Å². The monoisotopic (exact) mass is 212 g/mol. The maximum absolute atomic E-state index is 11.5. The van der Waals surface area contributed by atoms with Crippen molar-refractivity contribution in [2.24, 2.45) is 5.92 Å². The van der Waals surface area contributed by atoms with Crippen LogP contribution in [0.25, 0.3) is 0 Å². The molecule has 1 aliphatic heterocycles. The molecular formula is C11H20N2O2. The van der Waals surface area contributed by atoms with E-state index in [0.717, 1.165) is 12.8 Å². The van der Waals surface area contributed by atoms with Gasteiger partial charge >= 0.3 is 0 Å². The first-order valence-electron chi connectivity index (χ1n) is 5.57. The smallest absolute Gasteiger partial charge is 0.242 e. The van der Waals surface area contributed by atoms with Gasteiger partial charge in [0.1, 0.15) is 0 Å². The van der Waals surface area contributed by atoms with E-state index >= 15 is 0 Å². The first-order chi connectivity index (χ1) is 7.00. The SMILES string of the molecule is CC(C)CCC(C)N1CC(=O)NCC1=O. The van der Waals surface area contributed by atoms with Crippen LogP contribution in [0.5, 0.6) is 0 Å². The molecule has 1 fully saturated rings. The lowest BCUT2D eigenvalue weighted by molar-refractivity contribution is -0.142. The number of piperazine rings is 1. The third-order valence-corrected chi connectivity index (χ3v) is 2.76. The Morgan fingerprint density at radius 1 is 1.27 bits per heavy atom. The molecule has 1 aliphatic rings. The topological polar surface area (TPSA) is 49.4 Å². The predicted octanol–water partition coefficient (Wildman–Crippen LogP) is 0.769. The van der Waals surface area contributed by atoms with E-state index < -0.39 is 0 Å². The molecular weight excluding hydrogens is 192 g/mol. The molecule has 0 aromatic carbocycles. The van der Waals surface area contributed by atoms with E-state index in [4.69, 9.17) is 0 Å². The molecule has 1 heterocycles. The van der Waals surface area contributed by atoms with Crippen LogP contribution in [0.1, 0.15) is 33.6 Å². The summed E-state index contributed by atoms with van der Waals surface area (Å²) in [7, 11) is 0.